The first-order valence-electron chi connectivity index (χ1n) is 10.1. The van der Waals surface area contributed by atoms with E-state index in [1.165, 1.54) is 11.3 Å². The van der Waals surface area contributed by atoms with Gasteiger partial charge in [0, 0.05) is 55.9 Å². The predicted octanol–water partition coefficient (Wildman–Crippen LogP) is 3.05. The Hall–Kier alpha value is -3.50. The number of carbonyl (C=O) groups excluding carboxylic acids is 2. The van der Waals surface area contributed by atoms with E-state index < -0.39 is 0 Å². The summed E-state index contributed by atoms with van der Waals surface area (Å²) in [5.41, 5.74) is 2.50. The number of aromatic nitrogens is 2. The lowest BCUT2D eigenvalue weighted by Gasteiger charge is -2.34. The monoisotopic (exact) mass is 452 g/mol. The van der Waals surface area contributed by atoms with Crippen LogP contribution in [0.5, 0.6) is 10.9 Å². The van der Waals surface area contributed by atoms with Gasteiger partial charge in [0.1, 0.15) is 11.3 Å². The van der Waals surface area contributed by atoms with E-state index in [0.717, 1.165) is 40.9 Å². The molecule has 164 valence electrons. The highest BCUT2D eigenvalue weighted by molar-refractivity contribution is 7.20. The number of amides is 1. The van der Waals surface area contributed by atoms with Gasteiger partial charge in [-0.3, -0.25) is 14.5 Å². The first kappa shape index (κ1) is 20.4. The molecule has 0 radical (unpaired) electrons. The van der Waals surface area contributed by atoms with Crippen molar-refractivity contribution in [1.29, 1.82) is 0 Å². The van der Waals surface area contributed by atoms with Crippen LogP contribution in [0.15, 0.2) is 47.2 Å². The molecular formula is C22H20N4O5S. The van der Waals surface area contributed by atoms with E-state index in [1.807, 2.05) is 30.3 Å². The van der Waals surface area contributed by atoms with E-state index in [0.29, 0.717) is 36.2 Å². The molecule has 10 heteroatoms. The summed E-state index contributed by atoms with van der Waals surface area (Å²) in [5, 5.41) is 1.57. The Morgan fingerprint density at radius 2 is 2.09 bits per heavy atom. The molecule has 0 bridgehead atoms. The van der Waals surface area contributed by atoms with Crippen molar-refractivity contribution in [3.63, 3.8) is 0 Å². The molecule has 0 spiro atoms. The summed E-state index contributed by atoms with van der Waals surface area (Å²) < 4.78 is 17.2. The van der Waals surface area contributed by atoms with Crippen LogP contribution in [-0.2, 0) is 20.9 Å². The van der Waals surface area contributed by atoms with Gasteiger partial charge in [-0.15, -0.1) is 0 Å². The molecule has 0 aliphatic carbocycles. The number of ether oxygens (including phenoxy) is 2. The SMILES string of the molecule is O=COCC(=O)N1CCN(Cc2coc3cc(Oc4nc5ncccc5s4)ccc23)CC1. The lowest BCUT2D eigenvalue weighted by Crippen LogP contribution is -2.49. The maximum absolute atomic E-state index is 12.0. The molecule has 1 aromatic carbocycles. The molecule has 1 amide bonds. The number of furan rings is 1. The van der Waals surface area contributed by atoms with Crippen LogP contribution in [0.2, 0.25) is 0 Å². The normalized spacial score (nSPS) is 14.7. The maximum atomic E-state index is 12.0. The number of hydrogen-bond acceptors (Lipinski definition) is 9. The molecule has 4 aromatic rings. The number of rotatable bonds is 7. The summed E-state index contributed by atoms with van der Waals surface area (Å²) >= 11 is 1.45. The number of carbonyl (C=O) groups is 2. The van der Waals surface area contributed by atoms with Crippen molar-refractivity contribution in [2.24, 2.45) is 0 Å². The zero-order chi connectivity index (χ0) is 21.9. The molecule has 0 saturated carbocycles. The second-order valence-electron chi connectivity index (χ2n) is 7.39. The number of fused-ring (bicyclic) bond motifs is 2. The van der Waals surface area contributed by atoms with Crippen molar-refractivity contribution < 1.29 is 23.5 Å². The van der Waals surface area contributed by atoms with Crippen molar-refractivity contribution in [3.8, 4) is 10.9 Å². The second kappa shape index (κ2) is 8.93. The number of thiazole rings is 1. The third kappa shape index (κ3) is 4.27. The quantitative estimate of drug-likeness (QED) is 0.395. The molecule has 9 nitrogen and oxygen atoms in total. The highest BCUT2D eigenvalue weighted by Gasteiger charge is 2.22. The molecule has 0 N–H and O–H groups in total. The smallest absolute Gasteiger partial charge is 0.293 e. The molecule has 4 heterocycles. The van der Waals surface area contributed by atoms with Crippen LogP contribution in [0.3, 0.4) is 0 Å². The summed E-state index contributed by atoms with van der Waals surface area (Å²) in [6.07, 6.45) is 3.48. The number of pyridine rings is 1. The molecule has 1 fully saturated rings. The third-order valence-corrected chi connectivity index (χ3v) is 6.26. The van der Waals surface area contributed by atoms with Crippen molar-refractivity contribution in [3.05, 3.63) is 48.4 Å². The Bertz CT molecular complexity index is 1230. The lowest BCUT2D eigenvalue weighted by atomic mass is 10.1. The van der Waals surface area contributed by atoms with Crippen LogP contribution < -0.4 is 4.74 Å². The fourth-order valence-corrected chi connectivity index (χ4v) is 4.53. The number of hydrogen-bond donors (Lipinski definition) is 0. The van der Waals surface area contributed by atoms with Gasteiger partial charge in [-0.05, 0) is 24.3 Å². The van der Waals surface area contributed by atoms with E-state index in [-0.39, 0.29) is 12.5 Å². The van der Waals surface area contributed by atoms with Crippen molar-refractivity contribution in [1.82, 2.24) is 19.8 Å². The Morgan fingerprint density at radius 1 is 1.22 bits per heavy atom. The average molecular weight is 452 g/mol. The fraction of sp³-hybridized carbons (Fsp3) is 0.273. The Balaban J connectivity index is 1.22. The Morgan fingerprint density at radius 3 is 2.91 bits per heavy atom. The standard InChI is InChI=1S/C22H20N4O5S/c27-14-29-13-20(28)26-8-6-25(7-9-26)11-15-12-30-18-10-16(3-4-17(15)18)31-22-24-21-19(32-22)2-1-5-23-21/h1-5,10,12,14H,6-9,11,13H2. The Kier molecular flexibility index (Phi) is 5.70. The molecule has 5 rings (SSSR count). The van der Waals surface area contributed by atoms with Crippen LogP contribution in [0.4, 0.5) is 0 Å². The molecule has 32 heavy (non-hydrogen) atoms. The predicted molar refractivity (Wildman–Crippen MR) is 118 cm³/mol. The first-order chi connectivity index (χ1) is 15.7. The van der Waals surface area contributed by atoms with Gasteiger partial charge in [0.25, 0.3) is 17.6 Å². The van der Waals surface area contributed by atoms with Crippen LogP contribution in [0.25, 0.3) is 21.3 Å². The number of piperazine rings is 1. The topological polar surface area (TPSA) is 98.0 Å². The van der Waals surface area contributed by atoms with Crippen molar-refractivity contribution >= 4 is 45.0 Å². The lowest BCUT2D eigenvalue weighted by molar-refractivity contribution is -0.144. The Labute approximate surface area is 187 Å². The fourth-order valence-electron chi connectivity index (χ4n) is 3.74. The summed E-state index contributed by atoms with van der Waals surface area (Å²) in [5.74, 6) is 0.490. The van der Waals surface area contributed by atoms with E-state index in [1.54, 1.807) is 17.4 Å². The summed E-state index contributed by atoms with van der Waals surface area (Å²) in [4.78, 5) is 34.8. The molecule has 3 aromatic heterocycles. The van der Waals surface area contributed by atoms with Gasteiger partial charge < -0.3 is 18.8 Å². The highest BCUT2D eigenvalue weighted by atomic mass is 32.1. The molecule has 0 unspecified atom stereocenters. The van der Waals surface area contributed by atoms with Gasteiger partial charge >= 0.3 is 0 Å². The van der Waals surface area contributed by atoms with Gasteiger partial charge in [0.05, 0.1) is 11.0 Å². The van der Waals surface area contributed by atoms with E-state index in [2.05, 4.69) is 19.6 Å². The minimum absolute atomic E-state index is 0.165. The van der Waals surface area contributed by atoms with Gasteiger partial charge in [-0.2, -0.15) is 4.98 Å². The van der Waals surface area contributed by atoms with Crippen molar-refractivity contribution in [2.75, 3.05) is 32.8 Å². The second-order valence-corrected chi connectivity index (χ2v) is 8.38. The molecule has 1 saturated heterocycles. The molecular weight excluding hydrogens is 432 g/mol. The number of benzene rings is 1. The molecule has 1 aliphatic heterocycles. The van der Waals surface area contributed by atoms with Crippen LogP contribution >= 0.6 is 11.3 Å². The molecule has 0 atom stereocenters. The average Bonchev–Trinajstić information content (AvgIpc) is 3.41. The van der Waals surface area contributed by atoms with Gasteiger partial charge in [0.2, 0.25) is 0 Å². The van der Waals surface area contributed by atoms with Crippen molar-refractivity contribution in [2.45, 2.75) is 6.54 Å². The largest absolute Gasteiger partial charge is 0.464 e. The maximum Gasteiger partial charge on any atom is 0.293 e. The zero-order valence-electron chi connectivity index (χ0n) is 17.1. The summed E-state index contributed by atoms with van der Waals surface area (Å²) in [7, 11) is 0. The first-order valence-corrected chi connectivity index (χ1v) is 11.0. The number of nitrogens with zero attached hydrogens (tertiary/aromatic N) is 4. The van der Waals surface area contributed by atoms with Gasteiger partial charge in [0.15, 0.2) is 12.3 Å². The summed E-state index contributed by atoms with van der Waals surface area (Å²) in [6, 6.07) is 9.60. The van der Waals surface area contributed by atoms with Crippen LogP contribution in [-0.4, -0.2) is 64.9 Å². The highest BCUT2D eigenvalue weighted by Crippen LogP contribution is 2.33. The minimum atomic E-state index is -0.201. The van der Waals surface area contributed by atoms with Gasteiger partial charge in [-0.25, -0.2) is 4.98 Å². The molecule has 1 aliphatic rings. The van der Waals surface area contributed by atoms with E-state index >= 15 is 0 Å². The third-order valence-electron chi connectivity index (χ3n) is 5.37. The van der Waals surface area contributed by atoms with E-state index in [9.17, 15) is 9.59 Å². The van der Waals surface area contributed by atoms with Crippen LogP contribution in [0, 0.1) is 0 Å². The summed E-state index contributed by atoms with van der Waals surface area (Å²) in [6.45, 7) is 3.51. The zero-order valence-corrected chi connectivity index (χ0v) is 17.9. The van der Waals surface area contributed by atoms with Gasteiger partial charge in [-0.1, -0.05) is 11.3 Å². The minimum Gasteiger partial charge on any atom is -0.464 e. The van der Waals surface area contributed by atoms with E-state index in [4.69, 9.17) is 9.15 Å². The van der Waals surface area contributed by atoms with Crippen LogP contribution in [0.1, 0.15) is 5.56 Å².